The quantitative estimate of drug-likeness (QED) is 0.257. The number of hydrogen-bond donors (Lipinski definition) is 3. The molecule has 0 saturated heterocycles. The lowest BCUT2D eigenvalue weighted by atomic mass is 10.0. The first kappa shape index (κ1) is 22.6. The van der Waals surface area contributed by atoms with Crippen LogP contribution in [0.2, 0.25) is 0 Å². The van der Waals surface area contributed by atoms with Crippen molar-refractivity contribution in [3.05, 3.63) is 77.9 Å². The maximum atomic E-state index is 12.7. The molecule has 1 amide bonds. The van der Waals surface area contributed by atoms with Gasteiger partial charge in [0.2, 0.25) is 9.70 Å². The zero-order chi connectivity index (χ0) is 21.7. The Balaban J connectivity index is 1.67. The Bertz CT molecular complexity index is 1050. The zero-order valence-electron chi connectivity index (χ0n) is 16.1. The van der Waals surface area contributed by atoms with Crippen LogP contribution < -0.4 is 16.0 Å². The molecule has 3 N–H and O–H groups in total. The van der Waals surface area contributed by atoms with Crippen LogP contribution in [0, 0.1) is 6.92 Å². The highest BCUT2D eigenvalue weighted by atomic mass is 35.6. The van der Waals surface area contributed by atoms with Gasteiger partial charge in [-0.2, -0.15) is 0 Å². The number of amides is 1. The molecule has 0 aliphatic rings. The van der Waals surface area contributed by atoms with Gasteiger partial charge in [-0.1, -0.05) is 95.0 Å². The summed E-state index contributed by atoms with van der Waals surface area (Å²) in [6.45, 7) is 1.99. The number of anilines is 1. The SMILES string of the molecule is Cc1ccc(NC(=S)N[C@H](NC(=O)Cc2cccc3ccccc23)C(Cl)(Cl)Cl)cc1. The standard InChI is InChI=1S/C22H20Cl3N3OS/c1-14-9-11-17(12-10-14)26-21(30)28-20(22(23,24)25)27-19(29)13-16-7-4-6-15-5-2-3-8-18(15)16/h2-12,20H,13H2,1H3,(H,27,29)(H2,26,28,30)/t20-/m0/s1. The predicted molar refractivity (Wildman–Crippen MR) is 130 cm³/mol. The van der Waals surface area contributed by atoms with Crippen molar-refractivity contribution in [1.29, 1.82) is 0 Å². The smallest absolute Gasteiger partial charge is 0.228 e. The van der Waals surface area contributed by atoms with Gasteiger partial charge in [-0.3, -0.25) is 4.79 Å². The van der Waals surface area contributed by atoms with Gasteiger partial charge in [-0.05, 0) is 47.6 Å². The van der Waals surface area contributed by atoms with Crippen LogP contribution in [0.1, 0.15) is 11.1 Å². The molecule has 0 aromatic heterocycles. The van der Waals surface area contributed by atoms with Crippen molar-refractivity contribution in [3.63, 3.8) is 0 Å². The highest BCUT2D eigenvalue weighted by molar-refractivity contribution is 7.80. The number of carbonyl (C=O) groups excluding carboxylic acids is 1. The molecule has 0 saturated carbocycles. The van der Waals surface area contributed by atoms with E-state index in [2.05, 4.69) is 16.0 Å². The normalized spacial score (nSPS) is 12.3. The van der Waals surface area contributed by atoms with Crippen LogP contribution >= 0.6 is 47.0 Å². The monoisotopic (exact) mass is 479 g/mol. The second-order valence-corrected chi connectivity index (χ2v) is 9.60. The van der Waals surface area contributed by atoms with Crippen LogP contribution in [0.4, 0.5) is 5.69 Å². The van der Waals surface area contributed by atoms with Gasteiger partial charge in [-0.25, -0.2) is 0 Å². The minimum atomic E-state index is -1.81. The van der Waals surface area contributed by atoms with Crippen molar-refractivity contribution in [1.82, 2.24) is 10.6 Å². The van der Waals surface area contributed by atoms with Crippen LogP contribution in [0.5, 0.6) is 0 Å². The summed E-state index contributed by atoms with van der Waals surface area (Å²) in [5, 5.41) is 10.9. The summed E-state index contributed by atoms with van der Waals surface area (Å²) in [7, 11) is 0. The number of aryl methyl sites for hydroxylation is 1. The number of fused-ring (bicyclic) bond motifs is 1. The third-order valence-corrected chi connectivity index (χ3v) is 5.32. The fourth-order valence-electron chi connectivity index (χ4n) is 2.97. The Morgan fingerprint density at radius 2 is 1.63 bits per heavy atom. The Morgan fingerprint density at radius 3 is 2.33 bits per heavy atom. The molecule has 8 heteroatoms. The van der Waals surface area contributed by atoms with Gasteiger partial charge in [0.05, 0.1) is 6.42 Å². The number of halogens is 3. The Labute approximate surface area is 195 Å². The summed E-state index contributed by atoms with van der Waals surface area (Å²) in [5.74, 6) is -0.298. The lowest BCUT2D eigenvalue weighted by Crippen LogP contribution is -2.56. The number of carbonyl (C=O) groups is 1. The minimum absolute atomic E-state index is 0.137. The van der Waals surface area contributed by atoms with Crippen molar-refractivity contribution < 1.29 is 4.79 Å². The summed E-state index contributed by atoms with van der Waals surface area (Å²) in [5.41, 5.74) is 2.79. The van der Waals surface area contributed by atoms with Gasteiger partial charge in [0.15, 0.2) is 5.11 Å². The molecule has 0 heterocycles. The van der Waals surface area contributed by atoms with Crippen molar-refractivity contribution in [2.45, 2.75) is 23.3 Å². The van der Waals surface area contributed by atoms with Crippen molar-refractivity contribution in [3.8, 4) is 0 Å². The third-order valence-electron chi connectivity index (χ3n) is 4.45. The molecule has 0 bridgehead atoms. The van der Waals surface area contributed by atoms with Crippen molar-refractivity contribution in [2.24, 2.45) is 0 Å². The van der Waals surface area contributed by atoms with Gasteiger partial charge in [0.1, 0.15) is 6.17 Å². The lowest BCUT2D eigenvalue weighted by molar-refractivity contribution is -0.121. The average molecular weight is 481 g/mol. The number of benzene rings is 3. The Kier molecular flexibility index (Phi) is 7.42. The predicted octanol–water partition coefficient (Wildman–Crippen LogP) is 5.49. The second kappa shape index (κ2) is 9.84. The first-order valence-electron chi connectivity index (χ1n) is 9.19. The largest absolute Gasteiger partial charge is 0.339 e. The fraction of sp³-hybridized carbons (Fsp3) is 0.182. The molecule has 0 aliphatic carbocycles. The molecule has 156 valence electrons. The molecular weight excluding hydrogens is 461 g/mol. The molecule has 3 rings (SSSR count). The van der Waals surface area contributed by atoms with E-state index < -0.39 is 9.96 Å². The van der Waals surface area contributed by atoms with E-state index in [1.165, 1.54) is 0 Å². The molecule has 0 radical (unpaired) electrons. The molecule has 30 heavy (non-hydrogen) atoms. The van der Waals surface area contributed by atoms with Crippen LogP contribution in [0.3, 0.4) is 0 Å². The average Bonchev–Trinajstić information content (AvgIpc) is 2.69. The molecule has 3 aromatic rings. The summed E-state index contributed by atoms with van der Waals surface area (Å²) in [4.78, 5) is 12.7. The highest BCUT2D eigenvalue weighted by Gasteiger charge is 2.34. The summed E-state index contributed by atoms with van der Waals surface area (Å²) < 4.78 is -1.81. The van der Waals surface area contributed by atoms with E-state index in [0.29, 0.717) is 0 Å². The summed E-state index contributed by atoms with van der Waals surface area (Å²) in [6.07, 6.45) is -0.881. The lowest BCUT2D eigenvalue weighted by Gasteiger charge is -2.28. The maximum Gasteiger partial charge on any atom is 0.228 e. The first-order chi connectivity index (χ1) is 14.2. The van der Waals surface area contributed by atoms with Gasteiger partial charge >= 0.3 is 0 Å². The Morgan fingerprint density at radius 1 is 0.967 bits per heavy atom. The summed E-state index contributed by atoms with van der Waals surface area (Å²) >= 11 is 23.5. The molecule has 1 atom stereocenters. The molecule has 0 fully saturated rings. The molecule has 0 unspecified atom stereocenters. The first-order valence-corrected chi connectivity index (χ1v) is 10.7. The minimum Gasteiger partial charge on any atom is -0.339 e. The van der Waals surface area contributed by atoms with E-state index in [4.69, 9.17) is 47.0 Å². The molecule has 0 spiro atoms. The van der Waals surface area contributed by atoms with Gasteiger partial charge < -0.3 is 16.0 Å². The topological polar surface area (TPSA) is 53.2 Å². The van der Waals surface area contributed by atoms with Crippen molar-refractivity contribution >= 4 is 74.5 Å². The van der Waals surface area contributed by atoms with Gasteiger partial charge in [0.25, 0.3) is 0 Å². The highest BCUT2D eigenvalue weighted by Crippen LogP contribution is 2.29. The third kappa shape index (κ3) is 6.22. The molecular formula is C22H20Cl3N3OS. The van der Waals surface area contributed by atoms with Crippen molar-refractivity contribution in [2.75, 3.05) is 5.32 Å². The number of alkyl halides is 3. The van der Waals surface area contributed by atoms with E-state index in [-0.39, 0.29) is 17.4 Å². The maximum absolute atomic E-state index is 12.7. The number of hydrogen-bond acceptors (Lipinski definition) is 2. The molecule has 3 aromatic carbocycles. The van der Waals surface area contributed by atoms with E-state index in [1.54, 1.807) is 0 Å². The van der Waals surface area contributed by atoms with Crippen LogP contribution in [0.15, 0.2) is 66.7 Å². The van der Waals surface area contributed by atoms with Crippen LogP contribution in [-0.2, 0) is 11.2 Å². The van der Waals surface area contributed by atoms with Gasteiger partial charge in [0, 0.05) is 5.69 Å². The molecule has 4 nitrogen and oxygen atoms in total. The zero-order valence-corrected chi connectivity index (χ0v) is 19.2. The second-order valence-electron chi connectivity index (χ2n) is 6.82. The number of nitrogens with one attached hydrogen (secondary N) is 3. The molecule has 0 aliphatic heterocycles. The van der Waals surface area contributed by atoms with E-state index >= 15 is 0 Å². The summed E-state index contributed by atoms with van der Waals surface area (Å²) in [6, 6.07) is 21.3. The Hall–Kier alpha value is -2.05. The van der Waals surface area contributed by atoms with E-state index in [1.807, 2.05) is 73.7 Å². The van der Waals surface area contributed by atoms with Gasteiger partial charge in [-0.15, -0.1) is 0 Å². The number of thiocarbonyl (C=S) groups is 1. The number of rotatable bonds is 5. The fourth-order valence-corrected chi connectivity index (χ4v) is 3.53. The van der Waals surface area contributed by atoms with E-state index in [0.717, 1.165) is 27.6 Å². The van der Waals surface area contributed by atoms with E-state index in [9.17, 15) is 4.79 Å². The van der Waals surface area contributed by atoms with Crippen LogP contribution in [0.25, 0.3) is 10.8 Å². The van der Waals surface area contributed by atoms with Crippen LogP contribution in [-0.4, -0.2) is 21.0 Å².